The monoisotopic (exact) mass is 341 g/mol. The Labute approximate surface area is 145 Å². The van der Waals surface area contributed by atoms with E-state index < -0.39 is 11.9 Å². The highest BCUT2D eigenvalue weighted by molar-refractivity contribution is 5.95. The van der Waals surface area contributed by atoms with Crippen molar-refractivity contribution < 1.29 is 23.9 Å². The maximum absolute atomic E-state index is 11.9. The number of aryl methyl sites for hydroxylation is 1. The van der Waals surface area contributed by atoms with Crippen LogP contribution in [0.2, 0.25) is 0 Å². The lowest BCUT2D eigenvalue weighted by atomic mass is 10.1. The van der Waals surface area contributed by atoms with Gasteiger partial charge < -0.3 is 14.8 Å². The van der Waals surface area contributed by atoms with Crippen LogP contribution in [0.1, 0.15) is 31.8 Å². The summed E-state index contributed by atoms with van der Waals surface area (Å²) < 4.78 is 9.73. The smallest absolute Gasteiger partial charge is 0.337 e. The zero-order chi connectivity index (χ0) is 18.2. The summed E-state index contributed by atoms with van der Waals surface area (Å²) in [7, 11) is 1.30. The number of carbonyl (C=O) groups is 3. The molecule has 0 aliphatic heterocycles. The molecule has 0 saturated carbocycles. The molecule has 0 spiro atoms. The third-order valence-electron chi connectivity index (χ3n) is 3.45. The van der Waals surface area contributed by atoms with E-state index in [-0.39, 0.29) is 19.1 Å². The van der Waals surface area contributed by atoms with Gasteiger partial charge >= 0.3 is 11.9 Å². The van der Waals surface area contributed by atoms with Gasteiger partial charge in [-0.15, -0.1) is 0 Å². The van der Waals surface area contributed by atoms with Crippen molar-refractivity contribution in [3.8, 4) is 0 Å². The zero-order valence-electron chi connectivity index (χ0n) is 14.1. The van der Waals surface area contributed by atoms with Gasteiger partial charge in [0.1, 0.15) is 13.2 Å². The normalized spacial score (nSPS) is 10.0. The summed E-state index contributed by atoms with van der Waals surface area (Å²) >= 11 is 0. The molecule has 130 valence electrons. The van der Waals surface area contributed by atoms with E-state index >= 15 is 0 Å². The third-order valence-corrected chi connectivity index (χ3v) is 3.45. The van der Waals surface area contributed by atoms with Crippen molar-refractivity contribution in [2.24, 2.45) is 0 Å². The second-order valence-electron chi connectivity index (χ2n) is 5.40. The molecule has 0 radical (unpaired) electrons. The second kappa shape index (κ2) is 8.63. The van der Waals surface area contributed by atoms with Crippen molar-refractivity contribution in [2.45, 2.75) is 13.5 Å². The number of ether oxygens (including phenoxy) is 2. The summed E-state index contributed by atoms with van der Waals surface area (Å²) in [6, 6.07) is 13.6. The number of nitrogens with one attached hydrogen (secondary N) is 1. The van der Waals surface area contributed by atoms with Crippen LogP contribution < -0.4 is 5.32 Å². The van der Waals surface area contributed by atoms with E-state index in [0.717, 1.165) is 5.56 Å². The van der Waals surface area contributed by atoms with Crippen molar-refractivity contribution in [1.82, 2.24) is 5.32 Å². The van der Waals surface area contributed by atoms with Crippen molar-refractivity contribution in [3.63, 3.8) is 0 Å². The summed E-state index contributed by atoms with van der Waals surface area (Å²) in [5.74, 6) is -1.37. The first-order chi connectivity index (χ1) is 12.0. The zero-order valence-corrected chi connectivity index (χ0v) is 14.1. The van der Waals surface area contributed by atoms with Crippen molar-refractivity contribution in [3.05, 3.63) is 70.8 Å². The maximum atomic E-state index is 11.9. The van der Waals surface area contributed by atoms with Crippen LogP contribution in [0.15, 0.2) is 48.5 Å². The largest absolute Gasteiger partial charge is 0.465 e. The van der Waals surface area contributed by atoms with Gasteiger partial charge in [-0.2, -0.15) is 0 Å². The summed E-state index contributed by atoms with van der Waals surface area (Å²) in [6.45, 7) is 1.70. The number of rotatable bonds is 6. The Hall–Kier alpha value is -3.15. The maximum Gasteiger partial charge on any atom is 0.337 e. The number of hydrogen-bond acceptors (Lipinski definition) is 5. The quantitative estimate of drug-likeness (QED) is 0.815. The first-order valence-electron chi connectivity index (χ1n) is 7.67. The molecule has 25 heavy (non-hydrogen) atoms. The average molecular weight is 341 g/mol. The van der Waals surface area contributed by atoms with Gasteiger partial charge in [-0.1, -0.05) is 29.8 Å². The molecule has 6 nitrogen and oxygen atoms in total. The van der Waals surface area contributed by atoms with Gasteiger partial charge in [-0.25, -0.2) is 4.79 Å². The lowest BCUT2D eigenvalue weighted by Crippen LogP contribution is -2.30. The molecule has 0 unspecified atom stereocenters. The van der Waals surface area contributed by atoms with E-state index in [2.05, 4.69) is 10.1 Å². The van der Waals surface area contributed by atoms with Crippen LogP contribution in [0.25, 0.3) is 0 Å². The molecule has 2 rings (SSSR count). The number of methoxy groups -OCH3 is 1. The second-order valence-corrected chi connectivity index (χ2v) is 5.40. The molecule has 2 aromatic carbocycles. The Balaban J connectivity index is 1.82. The molecule has 0 heterocycles. The molecule has 1 amide bonds. The molecule has 6 heteroatoms. The van der Waals surface area contributed by atoms with Crippen LogP contribution >= 0.6 is 0 Å². The van der Waals surface area contributed by atoms with Crippen LogP contribution in [0, 0.1) is 6.92 Å². The molecular weight excluding hydrogens is 322 g/mol. The van der Waals surface area contributed by atoms with Crippen LogP contribution in [-0.2, 0) is 20.9 Å². The van der Waals surface area contributed by atoms with Crippen LogP contribution in [0.5, 0.6) is 0 Å². The van der Waals surface area contributed by atoms with Gasteiger partial charge in [0.25, 0.3) is 5.91 Å². The molecule has 0 atom stereocenters. The summed E-state index contributed by atoms with van der Waals surface area (Å²) in [5.41, 5.74) is 2.55. The molecule has 0 aliphatic carbocycles. The molecule has 0 saturated heterocycles. The van der Waals surface area contributed by atoms with Crippen molar-refractivity contribution >= 4 is 17.8 Å². The average Bonchev–Trinajstić information content (AvgIpc) is 2.64. The number of hydrogen-bond donors (Lipinski definition) is 1. The Morgan fingerprint density at radius 1 is 1.00 bits per heavy atom. The topological polar surface area (TPSA) is 81.7 Å². The number of benzene rings is 2. The highest BCUT2D eigenvalue weighted by Gasteiger charge is 2.10. The predicted molar refractivity (Wildman–Crippen MR) is 91.1 cm³/mol. The Kier molecular flexibility index (Phi) is 6.28. The molecule has 0 aromatic heterocycles. The summed E-state index contributed by atoms with van der Waals surface area (Å²) in [4.78, 5) is 35.1. The number of amides is 1. The first kappa shape index (κ1) is 18.2. The lowest BCUT2D eigenvalue weighted by molar-refractivity contribution is -0.143. The van der Waals surface area contributed by atoms with Gasteiger partial charge in [-0.05, 0) is 36.8 Å². The molecule has 0 aliphatic rings. The standard InChI is InChI=1S/C19H19NO5/c1-13-6-8-15(9-7-13)18(22)20-11-17(21)25-12-14-4-3-5-16(10-14)19(23)24-2/h3-10H,11-12H2,1-2H3,(H,20,22). The first-order valence-corrected chi connectivity index (χ1v) is 7.67. The van der Waals surface area contributed by atoms with Gasteiger partial charge in [0.15, 0.2) is 0 Å². The Morgan fingerprint density at radius 2 is 1.72 bits per heavy atom. The van der Waals surface area contributed by atoms with Crippen molar-refractivity contribution in [1.29, 1.82) is 0 Å². The van der Waals surface area contributed by atoms with E-state index in [4.69, 9.17) is 4.74 Å². The third kappa shape index (κ3) is 5.46. The van der Waals surface area contributed by atoms with E-state index in [9.17, 15) is 14.4 Å². The van der Waals surface area contributed by atoms with Gasteiger partial charge in [-0.3, -0.25) is 9.59 Å². The minimum atomic E-state index is -0.566. The molecule has 0 bridgehead atoms. The molecular formula is C19H19NO5. The molecule has 0 fully saturated rings. The fourth-order valence-electron chi connectivity index (χ4n) is 2.08. The van der Waals surface area contributed by atoms with Crippen LogP contribution in [0.3, 0.4) is 0 Å². The summed E-state index contributed by atoms with van der Waals surface area (Å²) in [6.07, 6.45) is 0. The van der Waals surface area contributed by atoms with E-state index in [1.54, 1.807) is 36.4 Å². The Morgan fingerprint density at radius 3 is 2.40 bits per heavy atom. The minimum Gasteiger partial charge on any atom is -0.465 e. The fourth-order valence-corrected chi connectivity index (χ4v) is 2.08. The van der Waals surface area contributed by atoms with E-state index in [1.165, 1.54) is 7.11 Å². The fraction of sp³-hybridized carbons (Fsp3) is 0.211. The summed E-state index contributed by atoms with van der Waals surface area (Å²) in [5, 5.41) is 2.51. The van der Waals surface area contributed by atoms with E-state index in [1.807, 2.05) is 19.1 Å². The Bertz CT molecular complexity index is 768. The van der Waals surface area contributed by atoms with E-state index in [0.29, 0.717) is 16.7 Å². The van der Waals surface area contributed by atoms with Crippen LogP contribution in [0.4, 0.5) is 0 Å². The van der Waals surface area contributed by atoms with Crippen LogP contribution in [-0.4, -0.2) is 31.5 Å². The highest BCUT2D eigenvalue weighted by Crippen LogP contribution is 2.08. The van der Waals surface area contributed by atoms with Gasteiger partial charge in [0, 0.05) is 5.56 Å². The van der Waals surface area contributed by atoms with Crippen molar-refractivity contribution in [2.75, 3.05) is 13.7 Å². The number of carbonyl (C=O) groups excluding carboxylic acids is 3. The predicted octanol–water partition coefficient (Wildman–Crippen LogP) is 2.25. The van der Waals surface area contributed by atoms with Gasteiger partial charge in [0.2, 0.25) is 0 Å². The number of esters is 2. The highest BCUT2D eigenvalue weighted by atomic mass is 16.5. The SMILES string of the molecule is COC(=O)c1cccc(COC(=O)CNC(=O)c2ccc(C)cc2)c1. The minimum absolute atomic E-state index is 0.00404. The lowest BCUT2D eigenvalue weighted by Gasteiger charge is -2.08. The molecule has 1 N–H and O–H groups in total. The molecule has 2 aromatic rings. The van der Waals surface area contributed by atoms with Gasteiger partial charge in [0.05, 0.1) is 12.7 Å².